The molecule has 0 aliphatic heterocycles. The van der Waals surface area contributed by atoms with Crippen LogP contribution in [0.4, 0.5) is 0 Å². The van der Waals surface area contributed by atoms with Crippen LogP contribution in [-0.4, -0.2) is 17.8 Å². The zero-order valence-corrected chi connectivity index (χ0v) is 12.1. The minimum Gasteiger partial charge on any atom is -0.395 e. The average Bonchev–Trinajstić information content (AvgIpc) is 2.47. The van der Waals surface area contributed by atoms with Crippen LogP contribution in [0, 0.1) is 0 Å². The maximum Gasteiger partial charge on any atom is 0.0585 e. The third-order valence-electron chi connectivity index (χ3n) is 2.98. The molecule has 0 saturated carbocycles. The van der Waals surface area contributed by atoms with Crippen molar-refractivity contribution in [1.82, 2.24) is 0 Å². The molecule has 0 aliphatic rings. The smallest absolute Gasteiger partial charge is 0.0585 e. The fraction of sp³-hybridized carbons (Fsp3) is 0.176. The van der Waals surface area contributed by atoms with Gasteiger partial charge in [0, 0.05) is 6.04 Å². The highest BCUT2D eigenvalue weighted by atomic mass is 35.5. The lowest BCUT2D eigenvalue weighted by atomic mass is 10.0. The minimum absolute atomic E-state index is 0. The Morgan fingerprint density at radius 1 is 0.900 bits per heavy atom. The number of rotatable bonds is 5. The number of benzene rings is 2. The van der Waals surface area contributed by atoms with Crippen LogP contribution >= 0.6 is 12.4 Å². The lowest BCUT2D eigenvalue weighted by Crippen LogP contribution is -2.26. The summed E-state index contributed by atoms with van der Waals surface area (Å²) in [7, 11) is 0. The molecule has 0 aliphatic carbocycles. The zero-order chi connectivity index (χ0) is 13.5. The highest BCUT2D eigenvalue weighted by molar-refractivity contribution is 5.85. The Morgan fingerprint density at radius 3 is 2.00 bits per heavy atom. The molecule has 0 aromatic heterocycles. The molecular formula is C17H20ClNO. The molecule has 1 unspecified atom stereocenters. The summed E-state index contributed by atoms with van der Waals surface area (Å²) in [4.78, 5) is 0. The van der Waals surface area contributed by atoms with Gasteiger partial charge in [-0.2, -0.15) is 0 Å². The second-order valence-corrected chi connectivity index (χ2v) is 4.63. The van der Waals surface area contributed by atoms with Crippen molar-refractivity contribution in [2.24, 2.45) is 5.73 Å². The van der Waals surface area contributed by atoms with Crippen LogP contribution in [0.15, 0.2) is 54.6 Å². The largest absolute Gasteiger partial charge is 0.395 e. The van der Waals surface area contributed by atoms with Gasteiger partial charge < -0.3 is 10.8 Å². The van der Waals surface area contributed by atoms with E-state index in [1.807, 2.05) is 18.2 Å². The van der Waals surface area contributed by atoms with Crippen molar-refractivity contribution in [3.8, 4) is 0 Å². The highest BCUT2D eigenvalue weighted by Gasteiger charge is 2.01. The molecule has 20 heavy (non-hydrogen) atoms. The first-order valence-corrected chi connectivity index (χ1v) is 6.46. The first-order valence-electron chi connectivity index (χ1n) is 6.46. The van der Waals surface area contributed by atoms with Gasteiger partial charge in [0.05, 0.1) is 6.61 Å². The second-order valence-electron chi connectivity index (χ2n) is 4.63. The zero-order valence-electron chi connectivity index (χ0n) is 11.3. The lowest BCUT2D eigenvalue weighted by molar-refractivity contribution is 0.265. The van der Waals surface area contributed by atoms with Crippen LogP contribution in [-0.2, 0) is 6.42 Å². The molecule has 0 radical (unpaired) electrons. The Morgan fingerprint density at radius 2 is 1.45 bits per heavy atom. The summed E-state index contributed by atoms with van der Waals surface area (Å²) in [6.07, 6.45) is 4.89. The Kier molecular flexibility index (Phi) is 7.02. The molecule has 0 amide bonds. The minimum atomic E-state index is -0.175. The van der Waals surface area contributed by atoms with Crippen LogP contribution < -0.4 is 5.73 Å². The third kappa shape index (κ3) is 5.17. The molecule has 0 saturated heterocycles. The second kappa shape index (κ2) is 8.54. The molecule has 3 heteroatoms. The van der Waals surface area contributed by atoms with Gasteiger partial charge in [-0.05, 0) is 23.1 Å². The van der Waals surface area contributed by atoms with Gasteiger partial charge >= 0.3 is 0 Å². The van der Waals surface area contributed by atoms with Crippen molar-refractivity contribution in [1.29, 1.82) is 0 Å². The molecular weight excluding hydrogens is 270 g/mol. The Balaban J connectivity index is 0.00000200. The van der Waals surface area contributed by atoms with Crippen molar-refractivity contribution in [2.75, 3.05) is 6.61 Å². The number of halogens is 1. The number of aliphatic hydroxyl groups is 1. The molecule has 0 fully saturated rings. The van der Waals surface area contributed by atoms with Crippen LogP contribution in [0.5, 0.6) is 0 Å². The van der Waals surface area contributed by atoms with Gasteiger partial charge in [-0.25, -0.2) is 0 Å². The molecule has 2 aromatic carbocycles. The average molecular weight is 290 g/mol. The van der Waals surface area contributed by atoms with Crippen LogP contribution in [0.25, 0.3) is 12.2 Å². The Hall–Kier alpha value is -1.61. The van der Waals surface area contributed by atoms with Gasteiger partial charge in [0.2, 0.25) is 0 Å². The molecule has 106 valence electrons. The summed E-state index contributed by atoms with van der Waals surface area (Å²) >= 11 is 0. The van der Waals surface area contributed by atoms with E-state index in [0.717, 1.165) is 11.1 Å². The predicted molar refractivity (Wildman–Crippen MR) is 87.8 cm³/mol. The van der Waals surface area contributed by atoms with E-state index in [4.69, 9.17) is 10.8 Å². The van der Waals surface area contributed by atoms with Crippen LogP contribution in [0.2, 0.25) is 0 Å². The van der Waals surface area contributed by atoms with E-state index in [0.29, 0.717) is 6.42 Å². The number of aliphatic hydroxyl groups excluding tert-OH is 1. The van der Waals surface area contributed by atoms with Gasteiger partial charge in [0.25, 0.3) is 0 Å². The summed E-state index contributed by atoms with van der Waals surface area (Å²) in [5.74, 6) is 0. The SMILES string of the molecule is Cl.NC(CO)Cc1ccc(/C=C/c2ccccc2)cc1. The van der Waals surface area contributed by atoms with Gasteiger partial charge in [0.15, 0.2) is 0 Å². The van der Waals surface area contributed by atoms with E-state index in [1.54, 1.807) is 0 Å². The van der Waals surface area contributed by atoms with Crippen LogP contribution in [0.1, 0.15) is 16.7 Å². The van der Waals surface area contributed by atoms with E-state index < -0.39 is 0 Å². The molecule has 2 nitrogen and oxygen atoms in total. The summed E-state index contributed by atoms with van der Waals surface area (Å²) in [6.45, 7) is 0.0235. The highest BCUT2D eigenvalue weighted by Crippen LogP contribution is 2.10. The van der Waals surface area contributed by atoms with Crippen molar-refractivity contribution >= 4 is 24.6 Å². The molecule has 2 aromatic rings. The number of hydrogen-bond acceptors (Lipinski definition) is 2. The molecule has 0 bridgehead atoms. The van der Waals surface area contributed by atoms with E-state index in [1.165, 1.54) is 5.56 Å². The quantitative estimate of drug-likeness (QED) is 0.831. The topological polar surface area (TPSA) is 46.2 Å². The number of nitrogens with two attached hydrogens (primary N) is 1. The summed E-state index contributed by atoms with van der Waals surface area (Å²) in [5.41, 5.74) is 9.21. The van der Waals surface area contributed by atoms with E-state index in [-0.39, 0.29) is 25.1 Å². The monoisotopic (exact) mass is 289 g/mol. The number of hydrogen-bond donors (Lipinski definition) is 2. The standard InChI is InChI=1S/C17H19NO.ClH/c18-17(13-19)12-16-10-8-15(9-11-16)7-6-14-4-2-1-3-5-14;/h1-11,17,19H,12-13,18H2;1H/b7-6+;. The maximum absolute atomic E-state index is 8.92. The van der Waals surface area contributed by atoms with Crippen molar-refractivity contribution < 1.29 is 5.11 Å². The van der Waals surface area contributed by atoms with Gasteiger partial charge in [0.1, 0.15) is 0 Å². The van der Waals surface area contributed by atoms with Gasteiger partial charge in [-0.1, -0.05) is 66.7 Å². The molecule has 1 atom stereocenters. The third-order valence-corrected chi connectivity index (χ3v) is 2.98. The van der Waals surface area contributed by atoms with Gasteiger partial charge in [-0.15, -0.1) is 12.4 Å². The van der Waals surface area contributed by atoms with Crippen molar-refractivity contribution in [3.05, 3.63) is 71.3 Å². The predicted octanol–water partition coefficient (Wildman–Crippen LogP) is 3.14. The molecule has 0 heterocycles. The Bertz CT molecular complexity index is 522. The molecule has 2 rings (SSSR count). The fourth-order valence-corrected chi connectivity index (χ4v) is 1.89. The fourth-order valence-electron chi connectivity index (χ4n) is 1.89. The van der Waals surface area contributed by atoms with Gasteiger partial charge in [-0.3, -0.25) is 0 Å². The van der Waals surface area contributed by atoms with E-state index >= 15 is 0 Å². The van der Waals surface area contributed by atoms with Crippen molar-refractivity contribution in [2.45, 2.75) is 12.5 Å². The summed E-state index contributed by atoms with van der Waals surface area (Å²) < 4.78 is 0. The summed E-state index contributed by atoms with van der Waals surface area (Å²) in [5, 5.41) is 8.92. The normalized spacial score (nSPS) is 12.1. The molecule has 3 N–H and O–H groups in total. The van der Waals surface area contributed by atoms with Crippen molar-refractivity contribution in [3.63, 3.8) is 0 Å². The van der Waals surface area contributed by atoms with E-state index in [2.05, 4.69) is 48.6 Å². The first kappa shape index (κ1) is 16.4. The lowest BCUT2D eigenvalue weighted by Gasteiger charge is -2.07. The van der Waals surface area contributed by atoms with E-state index in [9.17, 15) is 0 Å². The molecule has 0 spiro atoms. The van der Waals surface area contributed by atoms with Crippen LogP contribution in [0.3, 0.4) is 0 Å². The summed E-state index contributed by atoms with van der Waals surface area (Å²) in [6, 6.07) is 18.3. The maximum atomic E-state index is 8.92. The first-order chi connectivity index (χ1) is 9.28. The Labute approximate surface area is 126 Å².